The van der Waals surface area contributed by atoms with Crippen LogP contribution in [0.4, 0.5) is 10.2 Å². The molecule has 0 aromatic carbocycles. The first-order chi connectivity index (χ1) is 15.5. The number of methoxy groups -OCH3 is 1. The van der Waals surface area contributed by atoms with Crippen molar-refractivity contribution in [2.45, 2.75) is 44.3 Å². The number of fused-ring (bicyclic) bond motifs is 1. The Bertz CT molecular complexity index is 1010. The second kappa shape index (κ2) is 9.25. The van der Waals surface area contributed by atoms with Crippen LogP contribution in [0, 0.1) is 5.82 Å². The number of anilines is 1. The second-order valence-electron chi connectivity index (χ2n) is 8.23. The van der Waals surface area contributed by atoms with Gasteiger partial charge in [0.15, 0.2) is 0 Å². The molecular weight excluding hydrogens is 415 g/mol. The van der Waals surface area contributed by atoms with Gasteiger partial charge in [0.1, 0.15) is 22.9 Å². The molecule has 2 aromatic rings. The van der Waals surface area contributed by atoms with Gasteiger partial charge in [0.05, 0.1) is 19.5 Å². The van der Waals surface area contributed by atoms with Crippen LogP contribution >= 0.6 is 0 Å². The van der Waals surface area contributed by atoms with E-state index >= 15 is 0 Å². The maximum absolute atomic E-state index is 14.0. The Balaban J connectivity index is 1.57. The van der Waals surface area contributed by atoms with Gasteiger partial charge in [0.25, 0.3) is 5.91 Å². The highest BCUT2D eigenvalue weighted by Gasteiger charge is 2.42. The summed E-state index contributed by atoms with van der Waals surface area (Å²) >= 11 is 0. The molecule has 1 saturated heterocycles. The minimum atomic E-state index is -0.625. The van der Waals surface area contributed by atoms with Crippen molar-refractivity contribution < 1.29 is 19.0 Å². The van der Waals surface area contributed by atoms with Gasteiger partial charge >= 0.3 is 0 Å². The molecule has 1 unspecified atom stereocenters. The van der Waals surface area contributed by atoms with E-state index in [4.69, 9.17) is 9.84 Å². The van der Waals surface area contributed by atoms with Crippen molar-refractivity contribution in [3.63, 3.8) is 0 Å². The highest BCUT2D eigenvalue weighted by atomic mass is 19.1. The first-order valence-electron chi connectivity index (χ1n) is 10.9. The predicted octanol–water partition coefficient (Wildman–Crippen LogP) is 2.38. The number of unbranched alkanes of at least 4 members (excludes halogenated alkanes) is 1. The maximum Gasteiger partial charge on any atom is 0.256 e. The van der Waals surface area contributed by atoms with Gasteiger partial charge < -0.3 is 20.5 Å². The normalized spacial score (nSPS) is 22.4. The minimum Gasteiger partial charge on any atom is -0.481 e. The Kier molecular flexibility index (Phi) is 6.43. The molecular formula is C22H29FN6O3. The number of ether oxygens (including phenoxy) is 1. The molecule has 2 aliphatic rings. The minimum absolute atomic E-state index is 0.0967. The van der Waals surface area contributed by atoms with E-state index in [0.717, 1.165) is 25.6 Å². The topological polar surface area (TPSA) is 105 Å². The monoisotopic (exact) mass is 444 g/mol. The van der Waals surface area contributed by atoms with Crippen molar-refractivity contribution in [3.05, 3.63) is 41.5 Å². The van der Waals surface area contributed by atoms with Gasteiger partial charge in [-0.25, -0.2) is 14.1 Å². The number of hydrogen-bond acceptors (Lipinski definition) is 7. The average Bonchev–Trinajstić information content (AvgIpc) is 3.44. The number of amides is 1. The van der Waals surface area contributed by atoms with Crippen LogP contribution in [0.5, 0.6) is 5.88 Å². The largest absolute Gasteiger partial charge is 0.481 e. The van der Waals surface area contributed by atoms with Gasteiger partial charge in [-0.05, 0) is 44.7 Å². The van der Waals surface area contributed by atoms with Crippen molar-refractivity contribution >= 4 is 17.9 Å². The molecule has 0 bridgehead atoms. The van der Waals surface area contributed by atoms with Crippen LogP contribution in [0.1, 0.15) is 54.6 Å². The fraction of sp³-hybridized carbons (Fsp3) is 0.500. The maximum atomic E-state index is 14.0. The predicted molar refractivity (Wildman–Crippen MR) is 118 cm³/mol. The number of pyridine rings is 1. The van der Waals surface area contributed by atoms with Crippen LogP contribution in [0.2, 0.25) is 0 Å². The van der Waals surface area contributed by atoms with Gasteiger partial charge in [-0.15, -0.1) is 0 Å². The average molecular weight is 445 g/mol. The van der Waals surface area contributed by atoms with E-state index in [9.17, 15) is 9.18 Å². The number of nitrogens with one attached hydrogen (secondary N) is 2. The van der Waals surface area contributed by atoms with E-state index in [1.54, 1.807) is 10.9 Å². The molecule has 0 saturated carbocycles. The number of carbonyl (C=O) groups excluding carboxylic acids is 1. The summed E-state index contributed by atoms with van der Waals surface area (Å²) < 4.78 is 21.1. The number of nitrogens with zero attached hydrogens (tertiary/aromatic N) is 4. The lowest BCUT2D eigenvalue weighted by atomic mass is 10.0. The number of rotatable bonds is 8. The van der Waals surface area contributed by atoms with Crippen molar-refractivity contribution in [2.24, 2.45) is 0 Å². The van der Waals surface area contributed by atoms with Crippen LogP contribution in [0.25, 0.3) is 6.20 Å². The summed E-state index contributed by atoms with van der Waals surface area (Å²) in [6.45, 7) is 3.40. The Morgan fingerprint density at radius 2 is 2.28 bits per heavy atom. The first-order valence-corrected chi connectivity index (χ1v) is 10.9. The second-order valence-corrected chi connectivity index (χ2v) is 8.23. The quantitative estimate of drug-likeness (QED) is 0.537. The first kappa shape index (κ1) is 22.2. The molecule has 32 heavy (non-hydrogen) atoms. The third kappa shape index (κ3) is 4.20. The van der Waals surface area contributed by atoms with E-state index in [1.165, 1.54) is 13.2 Å². The number of carbonyl (C=O) groups is 1. The van der Waals surface area contributed by atoms with Gasteiger partial charge in [0.2, 0.25) is 5.88 Å². The van der Waals surface area contributed by atoms with E-state index in [2.05, 4.69) is 25.6 Å². The molecule has 2 aliphatic heterocycles. The SMILES string of the molecule is COc1ncc(F)cc1[C@H]1CCCN1C1(C)C=Cn2ncc(C(=O)NCCCCO)c2N1. The van der Waals surface area contributed by atoms with Crippen LogP contribution in [0.15, 0.2) is 24.5 Å². The summed E-state index contributed by atoms with van der Waals surface area (Å²) in [6, 6.07) is 1.39. The summed E-state index contributed by atoms with van der Waals surface area (Å²) in [6.07, 6.45) is 9.65. The highest BCUT2D eigenvalue weighted by molar-refractivity contribution is 5.99. The lowest BCUT2D eigenvalue weighted by Gasteiger charge is -2.43. The highest BCUT2D eigenvalue weighted by Crippen LogP contribution is 2.42. The summed E-state index contributed by atoms with van der Waals surface area (Å²) in [5.74, 6) is 0.399. The molecule has 0 aliphatic carbocycles. The molecule has 0 radical (unpaired) electrons. The summed E-state index contributed by atoms with van der Waals surface area (Å²) in [4.78, 5) is 19.1. The van der Waals surface area contributed by atoms with Crippen molar-refractivity contribution in [1.29, 1.82) is 0 Å². The smallest absolute Gasteiger partial charge is 0.256 e. The van der Waals surface area contributed by atoms with Gasteiger partial charge in [0, 0.05) is 37.5 Å². The van der Waals surface area contributed by atoms with Crippen molar-refractivity contribution in [1.82, 2.24) is 25.0 Å². The standard InChI is InChI=1S/C22H29FN6O3/c1-22(28-9-5-6-18(28)16-12-15(23)13-25-21(16)32-2)7-10-29-19(27-22)17(14-26-29)20(31)24-8-3-4-11-30/h7,10,12-14,18,27,30H,3-6,8-9,11H2,1-2H3,(H,24,31)/t18-,22?/m1/s1. The molecule has 4 heterocycles. The Hall–Kier alpha value is -2.98. The molecule has 9 nitrogen and oxygen atoms in total. The number of aliphatic hydroxyl groups excluding tert-OH is 1. The molecule has 10 heteroatoms. The molecule has 0 spiro atoms. The molecule has 1 amide bonds. The summed E-state index contributed by atoms with van der Waals surface area (Å²) in [5.41, 5.74) is 0.535. The number of aliphatic hydroxyl groups is 1. The van der Waals surface area contributed by atoms with Crippen molar-refractivity contribution in [2.75, 3.05) is 32.1 Å². The van der Waals surface area contributed by atoms with E-state index in [-0.39, 0.29) is 18.6 Å². The van der Waals surface area contributed by atoms with Crippen molar-refractivity contribution in [3.8, 4) is 5.88 Å². The molecule has 4 rings (SSSR count). The molecule has 2 aromatic heterocycles. The third-order valence-electron chi connectivity index (χ3n) is 6.07. The number of halogens is 1. The number of hydrogen-bond donors (Lipinski definition) is 3. The van der Waals surface area contributed by atoms with Gasteiger partial charge in [-0.3, -0.25) is 9.69 Å². The Labute approximate surface area is 186 Å². The van der Waals surface area contributed by atoms with Crippen LogP contribution in [-0.2, 0) is 0 Å². The van der Waals surface area contributed by atoms with E-state index < -0.39 is 11.5 Å². The lowest BCUT2D eigenvalue weighted by Crippen LogP contribution is -2.52. The number of likely N-dealkylation sites (tertiary alicyclic amines) is 1. The fourth-order valence-electron chi connectivity index (χ4n) is 4.46. The van der Waals surface area contributed by atoms with E-state index in [0.29, 0.717) is 42.2 Å². The summed E-state index contributed by atoms with van der Waals surface area (Å²) in [7, 11) is 1.54. The van der Waals surface area contributed by atoms with E-state index in [1.807, 2.05) is 19.2 Å². The zero-order valence-corrected chi connectivity index (χ0v) is 18.3. The van der Waals surface area contributed by atoms with Gasteiger partial charge in [-0.2, -0.15) is 5.10 Å². The molecule has 1 fully saturated rings. The lowest BCUT2D eigenvalue weighted by molar-refractivity contribution is 0.0952. The zero-order chi connectivity index (χ0) is 22.7. The molecule has 3 N–H and O–H groups in total. The summed E-state index contributed by atoms with van der Waals surface area (Å²) in [5, 5.41) is 19.6. The Morgan fingerprint density at radius 1 is 1.44 bits per heavy atom. The fourth-order valence-corrected chi connectivity index (χ4v) is 4.46. The Morgan fingerprint density at radius 3 is 3.06 bits per heavy atom. The molecule has 172 valence electrons. The third-order valence-corrected chi connectivity index (χ3v) is 6.07. The van der Waals surface area contributed by atoms with Crippen LogP contribution < -0.4 is 15.4 Å². The molecule has 2 atom stereocenters. The number of aromatic nitrogens is 3. The van der Waals surface area contributed by atoms with Crippen LogP contribution in [-0.4, -0.2) is 63.1 Å². The van der Waals surface area contributed by atoms with Crippen LogP contribution in [0.3, 0.4) is 0 Å². The zero-order valence-electron chi connectivity index (χ0n) is 18.3. The van der Waals surface area contributed by atoms with Gasteiger partial charge in [-0.1, -0.05) is 0 Å².